The van der Waals surface area contributed by atoms with Crippen LogP contribution in [0.3, 0.4) is 0 Å². The van der Waals surface area contributed by atoms with Crippen molar-refractivity contribution < 1.29 is 8.78 Å². The molecule has 0 aliphatic rings. The zero-order valence-corrected chi connectivity index (χ0v) is 9.37. The summed E-state index contributed by atoms with van der Waals surface area (Å²) in [5, 5.41) is 9.69. The molecule has 0 saturated carbocycles. The molecule has 1 unspecified atom stereocenters. The summed E-state index contributed by atoms with van der Waals surface area (Å²) in [5.74, 6) is -1.09. The lowest BCUT2D eigenvalue weighted by molar-refractivity contribution is 0.534. The summed E-state index contributed by atoms with van der Waals surface area (Å²) >= 11 is 0. The van der Waals surface area contributed by atoms with E-state index in [0.717, 1.165) is 11.6 Å². The first-order valence-electron chi connectivity index (χ1n) is 5.33. The fourth-order valence-electron chi connectivity index (χ4n) is 1.54. The number of aromatic amines is 1. The summed E-state index contributed by atoms with van der Waals surface area (Å²) < 4.78 is 26.0. The van der Waals surface area contributed by atoms with Gasteiger partial charge in [-0.3, -0.25) is 5.10 Å². The SMILES string of the molecule is CC(NCc1ccc(F)cc1F)c1cn[nH]c1. The number of nitrogens with one attached hydrogen (secondary N) is 2. The second-order valence-electron chi connectivity index (χ2n) is 3.87. The van der Waals surface area contributed by atoms with E-state index in [1.165, 1.54) is 12.1 Å². The van der Waals surface area contributed by atoms with Crippen LogP contribution in [0, 0.1) is 11.6 Å². The van der Waals surface area contributed by atoms with Gasteiger partial charge in [-0.05, 0) is 13.0 Å². The van der Waals surface area contributed by atoms with E-state index in [4.69, 9.17) is 0 Å². The lowest BCUT2D eigenvalue weighted by atomic mass is 10.1. The van der Waals surface area contributed by atoms with E-state index >= 15 is 0 Å². The van der Waals surface area contributed by atoms with Gasteiger partial charge in [-0.2, -0.15) is 5.10 Å². The third-order valence-electron chi connectivity index (χ3n) is 2.63. The maximum Gasteiger partial charge on any atom is 0.130 e. The summed E-state index contributed by atoms with van der Waals surface area (Å²) in [6.45, 7) is 2.30. The lowest BCUT2D eigenvalue weighted by Gasteiger charge is -2.12. The van der Waals surface area contributed by atoms with Crippen molar-refractivity contribution in [3.8, 4) is 0 Å². The standard InChI is InChI=1S/C12H13F2N3/c1-8(10-6-16-17-7-10)15-5-9-2-3-11(13)4-12(9)14/h2-4,6-8,15H,5H2,1H3,(H,16,17). The molecule has 0 saturated heterocycles. The van der Waals surface area contributed by atoms with Crippen molar-refractivity contribution >= 4 is 0 Å². The predicted octanol–water partition coefficient (Wildman–Crippen LogP) is 2.54. The average molecular weight is 237 g/mol. The van der Waals surface area contributed by atoms with Gasteiger partial charge in [0.15, 0.2) is 0 Å². The molecule has 0 fully saturated rings. The van der Waals surface area contributed by atoms with Crippen molar-refractivity contribution in [1.29, 1.82) is 0 Å². The summed E-state index contributed by atoms with van der Waals surface area (Å²) in [6, 6.07) is 3.64. The number of H-pyrrole nitrogens is 1. The van der Waals surface area contributed by atoms with E-state index in [1.54, 1.807) is 12.4 Å². The molecule has 17 heavy (non-hydrogen) atoms. The minimum Gasteiger partial charge on any atom is -0.306 e. The van der Waals surface area contributed by atoms with Crippen LogP contribution in [0.25, 0.3) is 0 Å². The Morgan fingerprint density at radius 3 is 2.88 bits per heavy atom. The highest BCUT2D eigenvalue weighted by Crippen LogP contribution is 2.13. The molecule has 0 bridgehead atoms. The summed E-state index contributed by atoms with van der Waals surface area (Å²) in [7, 11) is 0. The molecule has 3 nitrogen and oxygen atoms in total. The van der Waals surface area contributed by atoms with Crippen LogP contribution < -0.4 is 5.32 Å². The highest BCUT2D eigenvalue weighted by atomic mass is 19.1. The predicted molar refractivity (Wildman–Crippen MR) is 60.2 cm³/mol. The zero-order chi connectivity index (χ0) is 12.3. The van der Waals surface area contributed by atoms with Gasteiger partial charge in [0.25, 0.3) is 0 Å². The maximum absolute atomic E-state index is 13.3. The Morgan fingerprint density at radius 1 is 1.41 bits per heavy atom. The molecule has 0 amide bonds. The smallest absolute Gasteiger partial charge is 0.130 e. The molecule has 2 rings (SSSR count). The number of hydrogen-bond donors (Lipinski definition) is 2. The molecule has 2 aromatic rings. The van der Waals surface area contributed by atoms with E-state index in [-0.39, 0.29) is 6.04 Å². The number of nitrogens with zero attached hydrogens (tertiary/aromatic N) is 1. The van der Waals surface area contributed by atoms with Crippen LogP contribution in [-0.4, -0.2) is 10.2 Å². The van der Waals surface area contributed by atoms with Gasteiger partial charge in [0.2, 0.25) is 0 Å². The molecule has 90 valence electrons. The van der Waals surface area contributed by atoms with Crippen LogP contribution >= 0.6 is 0 Å². The highest BCUT2D eigenvalue weighted by Gasteiger charge is 2.08. The molecular formula is C12H13F2N3. The van der Waals surface area contributed by atoms with Crippen LogP contribution in [0.5, 0.6) is 0 Å². The monoisotopic (exact) mass is 237 g/mol. The molecule has 0 spiro atoms. The fourth-order valence-corrected chi connectivity index (χ4v) is 1.54. The van der Waals surface area contributed by atoms with E-state index in [9.17, 15) is 8.78 Å². The van der Waals surface area contributed by atoms with Gasteiger partial charge < -0.3 is 5.32 Å². The van der Waals surface area contributed by atoms with Crippen molar-refractivity contribution in [1.82, 2.24) is 15.5 Å². The summed E-state index contributed by atoms with van der Waals surface area (Å²) in [5.41, 5.74) is 1.44. The first-order valence-corrected chi connectivity index (χ1v) is 5.33. The van der Waals surface area contributed by atoms with Gasteiger partial charge in [0.05, 0.1) is 6.20 Å². The molecule has 1 atom stereocenters. The second-order valence-corrected chi connectivity index (χ2v) is 3.87. The normalized spacial score (nSPS) is 12.6. The number of halogens is 2. The Hall–Kier alpha value is -1.75. The number of hydrogen-bond acceptors (Lipinski definition) is 2. The van der Waals surface area contributed by atoms with Crippen molar-refractivity contribution in [3.63, 3.8) is 0 Å². The molecule has 2 N–H and O–H groups in total. The zero-order valence-electron chi connectivity index (χ0n) is 9.37. The summed E-state index contributed by atoms with van der Waals surface area (Å²) in [6.07, 6.45) is 3.48. The van der Waals surface area contributed by atoms with Crippen LogP contribution in [0.15, 0.2) is 30.6 Å². The minimum absolute atomic E-state index is 0.0539. The minimum atomic E-state index is -0.561. The Kier molecular flexibility index (Phi) is 3.49. The number of rotatable bonds is 4. The van der Waals surface area contributed by atoms with Crippen molar-refractivity contribution in [3.05, 3.63) is 53.4 Å². The van der Waals surface area contributed by atoms with Crippen LogP contribution in [0.1, 0.15) is 24.1 Å². The Morgan fingerprint density at radius 2 is 2.24 bits per heavy atom. The molecule has 5 heteroatoms. The average Bonchev–Trinajstić information content (AvgIpc) is 2.81. The lowest BCUT2D eigenvalue weighted by Crippen LogP contribution is -2.18. The first-order chi connectivity index (χ1) is 8.16. The summed E-state index contributed by atoms with van der Waals surface area (Å²) in [4.78, 5) is 0. The van der Waals surface area contributed by atoms with Crippen molar-refractivity contribution in [2.75, 3.05) is 0 Å². The van der Waals surface area contributed by atoms with Gasteiger partial charge in [0.1, 0.15) is 11.6 Å². The van der Waals surface area contributed by atoms with E-state index < -0.39 is 11.6 Å². The van der Waals surface area contributed by atoms with Crippen molar-refractivity contribution in [2.24, 2.45) is 0 Å². The van der Waals surface area contributed by atoms with Gasteiger partial charge in [0, 0.05) is 36.0 Å². The number of aromatic nitrogens is 2. The molecule has 0 radical (unpaired) electrons. The van der Waals surface area contributed by atoms with Crippen LogP contribution in [-0.2, 0) is 6.54 Å². The highest BCUT2D eigenvalue weighted by molar-refractivity contribution is 5.19. The molecule has 0 aliphatic heterocycles. The molecule has 1 heterocycles. The Bertz CT molecular complexity index is 483. The van der Waals surface area contributed by atoms with E-state index in [2.05, 4.69) is 15.5 Å². The molecule has 0 aliphatic carbocycles. The maximum atomic E-state index is 13.3. The van der Waals surface area contributed by atoms with Gasteiger partial charge in [-0.25, -0.2) is 8.78 Å². The van der Waals surface area contributed by atoms with Gasteiger partial charge >= 0.3 is 0 Å². The molecule has 1 aromatic heterocycles. The number of benzene rings is 1. The molecule has 1 aromatic carbocycles. The van der Waals surface area contributed by atoms with E-state index in [1.807, 2.05) is 6.92 Å². The third-order valence-corrected chi connectivity index (χ3v) is 2.63. The Balaban J connectivity index is 1.98. The van der Waals surface area contributed by atoms with Gasteiger partial charge in [-0.1, -0.05) is 6.07 Å². The Labute approximate surface area is 97.9 Å². The largest absolute Gasteiger partial charge is 0.306 e. The molecular weight excluding hydrogens is 224 g/mol. The van der Waals surface area contributed by atoms with E-state index in [0.29, 0.717) is 12.1 Å². The quantitative estimate of drug-likeness (QED) is 0.857. The second kappa shape index (κ2) is 5.05. The third kappa shape index (κ3) is 2.88. The van der Waals surface area contributed by atoms with Crippen LogP contribution in [0.2, 0.25) is 0 Å². The first kappa shape index (κ1) is 11.7. The van der Waals surface area contributed by atoms with Crippen LogP contribution in [0.4, 0.5) is 8.78 Å². The topological polar surface area (TPSA) is 40.7 Å². The van der Waals surface area contributed by atoms with Gasteiger partial charge in [-0.15, -0.1) is 0 Å². The fraction of sp³-hybridized carbons (Fsp3) is 0.250. The van der Waals surface area contributed by atoms with Crippen molar-refractivity contribution in [2.45, 2.75) is 19.5 Å².